The van der Waals surface area contributed by atoms with Gasteiger partial charge in [-0.1, -0.05) is 37.1 Å². The van der Waals surface area contributed by atoms with E-state index >= 15 is 0 Å². The second-order valence-electron chi connectivity index (χ2n) is 10.9. The molecule has 9 nitrogen and oxygen atoms in total. The number of amides is 3. The summed E-state index contributed by atoms with van der Waals surface area (Å²) in [5.74, 6) is -0.273. The highest BCUT2D eigenvalue weighted by Crippen LogP contribution is 2.35. The molecule has 43 heavy (non-hydrogen) atoms. The lowest BCUT2D eigenvalue weighted by Crippen LogP contribution is -2.51. The van der Waals surface area contributed by atoms with Crippen LogP contribution in [0.5, 0.6) is 0 Å². The minimum atomic E-state index is -3.91. The van der Waals surface area contributed by atoms with Crippen molar-refractivity contribution in [3.8, 4) is 0 Å². The molecule has 0 bridgehead atoms. The van der Waals surface area contributed by atoms with Crippen LogP contribution in [0.3, 0.4) is 0 Å². The number of para-hydroxylation sites is 1. The molecular weight excluding hydrogens is 569 g/mol. The highest BCUT2D eigenvalue weighted by atomic mass is 32.2. The van der Waals surface area contributed by atoms with Crippen molar-refractivity contribution >= 4 is 44.2 Å². The fourth-order valence-electron chi connectivity index (χ4n) is 5.82. The van der Waals surface area contributed by atoms with Crippen molar-refractivity contribution in [3.63, 3.8) is 0 Å². The maximum atomic E-state index is 14.7. The highest BCUT2D eigenvalue weighted by molar-refractivity contribution is 7.93. The molecule has 2 aliphatic rings. The summed E-state index contributed by atoms with van der Waals surface area (Å²) >= 11 is 0. The number of benzene rings is 3. The quantitative estimate of drug-likeness (QED) is 0.289. The molecule has 1 aliphatic heterocycles. The molecule has 1 saturated heterocycles. The Balaban J connectivity index is 1.04. The molecule has 0 radical (unpaired) electrons. The van der Waals surface area contributed by atoms with Crippen LogP contribution in [0.2, 0.25) is 0 Å². The zero-order valence-corrected chi connectivity index (χ0v) is 24.3. The van der Waals surface area contributed by atoms with Gasteiger partial charge in [0, 0.05) is 49.0 Å². The van der Waals surface area contributed by atoms with Gasteiger partial charge in [0.25, 0.3) is 15.9 Å². The number of carbonyl (C=O) groups is 2. The third kappa shape index (κ3) is 6.17. The predicted molar refractivity (Wildman–Crippen MR) is 163 cm³/mol. The molecule has 2 heterocycles. The largest absolute Gasteiger partial charge is 0.335 e. The Morgan fingerprint density at radius 1 is 0.860 bits per heavy atom. The topological polar surface area (TPSA) is 112 Å². The van der Waals surface area contributed by atoms with E-state index in [9.17, 15) is 22.4 Å². The number of rotatable bonds is 6. The molecule has 0 unspecified atom stereocenters. The van der Waals surface area contributed by atoms with E-state index in [2.05, 4.69) is 15.0 Å². The van der Waals surface area contributed by atoms with Gasteiger partial charge >= 0.3 is 6.03 Å². The van der Waals surface area contributed by atoms with E-state index in [0.29, 0.717) is 54.3 Å². The molecule has 0 atom stereocenters. The number of halogens is 1. The number of fused-ring (bicyclic) bond motifs is 1. The summed E-state index contributed by atoms with van der Waals surface area (Å²) in [6, 6.07) is 19.4. The molecule has 1 saturated carbocycles. The Bertz CT molecular complexity index is 1760. The molecule has 2 N–H and O–H groups in total. The van der Waals surface area contributed by atoms with Gasteiger partial charge in [-0.05, 0) is 72.9 Å². The zero-order valence-electron chi connectivity index (χ0n) is 23.5. The summed E-state index contributed by atoms with van der Waals surface area (Å²) in [5.41, 5.74) is 2.22. The maximum Gasteiger partial charge on any atom is 0.322 e. The summed E-state index contributed by atoms with van der Waals surface area (Å²) in [6.45, 7) is 1.24. The van der Waals surface area contributed by atoms with Crippen molar-refractivity contribution in [1.82, 2.24) is 14.8 Å². The van der Waals surface area contributed by atoms with Gasteiger partial charge in [0.05, 0.1) is 11.2 Å². The summed E-state index contributed by atoms with van der Waals surface area (Å²) in [7, 11) is -3.91. The summed E-state index contributed by atoms with van der Waals surface area (Å²) in [5, 5.41) is 3.38. The van der Waals surface area contributed by atoms with Crippen molar-refractivity contribution < 1.29 is 22.4 Å². The van der Waals surface area contributed by atoms with Crippen molar-refractivity contribution in [2.24, 2.45) is 0 Å². The van der Waals surface area contributed by atoms with Crippen LogP contribution in [0.1, 0.15) is 47.5 Å². The molecule has 1 aromatic heterocycles. The molecule has 0 spiro atoms. The van der Waals surface area contributed by atoms with Crippen LogP contribution in [0.4, 0.5) is 20.6 Å². The molecule has 222 valence electrons. The molecule has 2 fully saturated rings. The van der Waals surface area contributed by atoms with Crippen LogP contribution in [0.15, 0.2) is 83.9 Å². The third-order valence-electron chi connectivity index (χ3n) is 8.18. The second kappa shape index (κ2) is 12.0. The van der Waals surface area contributed by atoms with Gasteiger partial charge in [-0.15, -0.1) is 0 Å². The number of urea groups is 1. The number of pyridine rings is 1. The number of nitrogens with zero attached hydrogens (tertiary/aromatic N) is 3. The number of aromatic nitrogens is 1. The summed E-state index contributed by atoms with van der Waals surface area (Å²) in [4.78, 5) is 33.4. The van der Waals surface area contributed by atoms with E-state index in [1.165, 1.54) is 12.1 Å². The average Bonchev–Trinajstić information content (AvgIpc) is 3.57. The Labute approximate surface area is 249 Å². The third-order valence-corrected chi connectivity index (χ3v) is 9.60. The van der Waals surface area contributed by atoms with Gasteiger partial charge in [0.15, 0.2) is 0 Å². The fraction of sp³-hybridized carbons (Fsp3) is 0.281. The van der Waals surface area contributed by atoms with E-state index in [-0.39, 0.29) is 16.5 Å². The number of piperazine rings is 1. The molecular formula is C32H32FN5O4S. The van der Waals surface area contributed by atoms with Gasteiger partial charge < -0.3 is 15.1 Å². The van der Waals surface area contributed by atoms with E-state index in [4.69, 9.17) is 0 Å². The molecule has 3 amide bonds. The van der Waals surface area contributed by atoms with Gasteiger partial charge in [-0.3, -0.25) is 14.5 Å². The van der Waals surface area contributed by atoms with Crippen molar-refractivity contribution in [1.29, 1.82) is 0 Å². The SMILES string of the molecule is O=C(Nc1ccc(C2CCCC2)cc1F)N1CCN(C(=O)c2ccc(NS(=O)(=O)c3cccc4cccnc34)cc2)CC1. The van der Waals surface area contributed by atoms with Crippen molar-refractivity contribution in [2.75, 3.05) is 36.2 Å². The Morgan fingerprint density at radius 3 is 2.28 bits per heavy atom. The minimum absolute atomic E-state index is 0.0662. The standard InChI is InChI=1S/C32H32FN5O4S/c33-27-21-25(22-5-1-2-6-22)12-15-28(27)35-32(40)38-19-17-37(18-20-38)31(39)24-10-13-26(14-11-24)36-43(41,42)29-9-3-7-23-8-4-16-34-30(23)29/h3-4,7-16,21-22,36H,1-2,5-6,17-20H2,(H,35,40). The molecule has 4 aromatic rings. The number of hydrogen-bond acceptors (Lipinski definition) is 5. The van der Waals surface area contributed by atoms with Crippen LogP contribution in [-0.2, 0) is 10.0 Å². The number of anilines is 2. The monoisotopic (exact) mass is 601 g/mol. The van der Waals surface area contributed by atoms with Gasteiger partial charge in [-0.2, -0.15) is 0 Å². The van der Waals surface area contributed by atoms with Gasteiger partial charge in [0.2, 0.25) is 0 Å². The van der Waals surface area contributed by atoms with Crippen LogP contribution < -0.4 is 10.0 Å². The Morgan fingerprint density at radius 2 is 1.56 bits per heavy atom. The van der Waals surface area contributed by atoms with E-state index < -0.39 is 21.9 Å². The fourth-order valence-corrected chi connectivity index (χ4v) is 7.06. The Hall–Kier alpha value is -4.51. The zero-order chi connectivity index (χ0) is 30.0. The smallest absolute Gasteiger partial charge is 0.322 e. The lowest BCUT2D eigenvalue weighted by atomic mass is 9.97. The van der Waals surface area contributed by atoms with Crippen molar-refractivity contribution in [3.05, 3.63) is 95.9 Å². The van der Waals surface area contributed by atoms with Crippen LogP contribution >= 0.6 is 0 Å². The number of nitrogens with one attached hydrogen (secondary N) is 2. The number of sulfonamides is 1. The van der Waals surface area contributed by atoms with E-state index in [1.54, 1.807) is 70.6 Å². The predicted octanol–water partition coefficient (Wildman–Crippen LogP) is 5.82. The molecule has 11 heteroatoms. The first-order chi connectivity index (χ1) is 20.8. The van der Waals surface area contributed by atoms with E-state index in [1.807, 2.05) is 6.07 Å². The van der Waals surface area contributed by atoms with Crippen molar-refractivity contribution in [2.45, 2.75) is 36.5 Å². The average molecular weight is 602 g/mol. The lowest BCUT2D eigenvalue weighted by Gasteiger charge is -2.34. The highest BCUT2D eigenvalue weighted by Gasteiger charge is 2.26. The summed E-state index contributed by atoms with van der Waals surface area (Å²) in [6.07, 6.45) is 6.01. The normalized spacial score (nSPS) is 15.9. The molecule has 1 aliphatic carbocycles. The van der Waals surface area contributed by atoms with Gasteiger partial charge in [-0.25, -0.2) is 17.6 Å². The molecule has 6 rings (SSSR count). The first-order valence-electron chi connectivity index (χ1n) is 14.4. The van der Waals surface area contributed by atoms with Crippen LogP contribution in [0, 0.1) is 5.82 Å². The first-order valence-corrected chi connectivity index (χ1v) is 15.9. The van der Waals surface area contributed by atoms with Gasteiger partial charge in [0.1, 0.15) is 10.7 Å². The summed E-state index contributed by atoms with van der Waals surface area (Å²) < 4.78 is 43.5. The Kier molecular flexibility index (Phi) is 7.98. The molecule has 3 aromatic carbocycles. The number of carbonyl (C=O) groups excluding carboxylic acids is 2. The van der Waals surface area contributed by atoms with E-state index in [0.717, 1.165) is 31.2 Å². The maximum absolute atomic E-state index is 14.7. The first kappa shape index (κ1) is 28.6. The lowest BCUT2D eigenvalue weighted by molar-refractivity contribution is 0.0671. The second-order valence-corrected chi connectivity index (χ2v) is 12.6. The minimum Gasteiger partial charge on any atom is -0.335 e. The van der Waals surface area contributed by atoms with Crippen LogP contribution in [0.25, 0.3) is 10.9 Å². The number of hydrogen-bond donors (Lipinski definition) is 2. The van der Waals surface area contributed by atoms with Crippen LogP contribution in [-0.4, -0.2) is 61.3 Å².